The zero-order valence-electron chi connectivity index (χ0n) is 8.29. The van der Waals surface area contributed by atoms with Crippen LogP contribution in [0.1, 0.15) is 5.56 Å². The van der Waals surface area contributed by atoms with Gasteiger partial charge >= 0.3 is 6.36 Å². The lowest BCUT2D eigenvalue weighted by atomic mass is 10.1. The molecule has 0 amide bonds. The minimum Gasteiger partial charge on any atom is -0.406 e. The minimum atomic E-state index is -4.67. The summed E-state index contributed by atoms with van der Waals surface area (Å²) in [6, 6.07) is 5.38. The highest BCUT2D eigenvalue weighted by atomic mass is 19.4. The molecule has 2 nitrogen and oxygen atoms in total. The van der Waals surface area contributed by atoms with E-state index in [-0.39, 0.29) is 5.75 Å². The van der Waals surface area contributed by atoms with Crippen molar-refractivity contribution in [2.24, 2.45) is 5.73 Å². The molecule has 0 atom stereocenters. The van der Waals surface area contributed by atoms with Gasteiger partial charge in [0.1, 0.15) is 5.75 Å². The molecule has 0 aliphatic heterocycles. The van der Waals surface area contributed by atoms with Crippen LogP contribution in [0.2, 0.25) is 0 Å². The number of benzene rings is 1. The molecule has 86 valence electrons. The average molecular weight is 229 g/mol. The van der Waals surface area contributed by atoms with Gasteiger partial charge in [-0.3, -0.25) is 0 Å². The van der Waals surface area contributed by atoms with Gasteiger partial charge in [0.05, 0.1) is 0 Å². The molecule has 0 unspecified atom stereocenters. The molecule has 0 aliphatic rings. The van der Waals surface area contributed by atoms with Gasteiger partial charge in [0, 0.05) is 6.20 Å². The Bertz CT molecular complexity index is 393. The number of ether oxygens (including phenoxy) is 1. The molecule has 0 saturated carbocycles. The van der Waals surface area contributed by atoms with Crippen LogP contribution in [0.4, 0.5) is 13.2 Å². The summed E-state index contributed by atoms with van der Waals surface area (Å²) in [5, 5.41) is 0. The highest BCUT2D eigenvalue weighted by Crippen LogP contribution is 2.24. The summed E-state index contributed by atoms with van der Waals surface area (Å²) in [6.07, 6.45) is -1.83. The van der Waals surface area contributed by atoms with Crippen molar-refractivity contribution in [3.8, 4) is 5.75 Å². The van der Waals surface area contributed by atoms with Crippen LogP contribution in [0.3, 0.4) is 0 Å². The molecule has 0 aliphatic carbocycles. The van der Waals surface area contributed by atoms with E-state index in [0.717, 1.165) is 0 Å². The normalized spacial score (nSPS) is 12.3. The second-order valence-electron chi connectivity index (χ2n) is 2.90. The third-order valence-electron chi connectivity index (χ3n) is 1.82. The molecule has 0 fully saturated rings. The van der Waals surface area contributed by atoms with Crippen LogP contribution in [0.25, 0.3) is 5.57 Å². The molecule has 5 heteroatoms. The fourth-order valence-electron chi connectivity index (χ4n) is 1.13. The Kier molecular flexibility index (Phi) is 3.60. The zero-order valence-corrected chi connectivity index (χ0v) is 8.29. The highest BCUT2D eigenvalue weighted by Gasteiger charge is 2.30. The molecular formula is C11H10F3NO. The van der Waals surface area contributed by atoms with Gasteiger partial charge in [-0.15, -0.1) is 13.2 Å². The van der Waals surface area contributed by atoms with Crippen LogP contribution in [-0.4, -0.2) is 6.36 Å². The first-order valence-corrected chi connectivity index (χ1v) is 4.37. The lowest BCUT2D eigenvalue weighted by molar-refractivity contribution is -0.274. The first-order chi connectivity index (χ1) is 7.46. The van der Waals surface area contributed by atoms with Gasteiger partial charge in [0.15, 0.2) is 0 Å². The predicted molar refractivity (Wildman–Crippen MR) is 55.5 cm³/mol. The van der Waals surface area contributed by atoms with Gasteiger partial charge in [0.25, 0.3) is 0 Å². The van der Waals surface area contributed by atoms with Crippen molar-refractivity contribution < 1.29 is 17.9 Å². The molecule has 1 aromatic carbocycles. The molecule has 0 heterocycles. The van der Waals surface area contributed by atoms with Gasteiger partial charge in [-0.1, -0.05) is 24.8 Å². The summed E-state index contributed by atoms with van der Waals surface area (Å²) in [5.41, 5.74) is 6.62. The Hall–Kier alpha value is -1.91. The topological polar surface area (TPSA) is 35.2 Å². The Morgan fingerprint density at radius 3 is 2.19 bits per heavy atom. The van der Waals surface area contributed by atoms with Crippen molar-refractivity contribution in [2.75, 3.05) is 0 Å². The SMILES string of the molecule is C=C/C(=C\N)c1ccc(OC(F)(F)F)cc1. The van der Waals surface area contributed by atoms with E-state index in [0.29, 0.717) is 11.1 Å². The first-order valence-electron chi connectivity index (χ1n) is 4.37. The molecular weight excluding hydrogens is 219 g/mol. The number of halogens is 3. The number of alkyl halides is 3. The second kappa shape index (κ2) is 4.74. The second-order valence-corrected chi connectivity index (χ2v) is 2.90. The monoisotopic (exact) mass is 229 g/mol. The van der Waals surface area contributed by atoms with Crippen LogP contribution in [-0.2, 0) is 0 Å². The predicted octanol–water partition coefficient (Wildman–Crippen LogP) is 3.07. The molecule has 0 aromatic heterocycles. The summed E-state index contributed by atoms with van der Waals surface area (Å²) in [6.45, 7) is 3.53. The van der Waals surface area contributed by atoms with E-state index < -0.39 is 6.36 Å². The fourth-order valence-corrected chi connectivity index (χ4v) is 1.13. The molecule has 0 spiro atoms. The van der Waals surface area contributed by atoms with Crippen LogP contribution in [0, 0.1) is 0 Å². The minimum absolute atomic E-state index is 0.267. The van der Waals surface area contributed by atoms with E-state index in [4.69, 9.17) is 5.73 Å². The van der Waals surface area contributed by atoms with Crippen molar-refractivity contribution in [1.29, 1.82) is 0 Å². The van der Waals surface area contributed by atoms with Crippen LogP contribution >= 0.6 is 0 Å². The van der Waals surface area contributed by atoms with Crippen LogP contribution in [0.15, 0.2) is 43.1 Å². The Morgan fingerprint density at radius 1 is 1.25 bits per heavy atom. The van der Waals surface area contributed by atoms with Crippen molar-refractivity contribution in [2.45, 2.75) is 6.36 Å². The van der Waals surface area contributed by atoms with Crippen LogP contribution in [0.5, 0.6) is 5.75 Å². The van der Waals surface area contributed by atoms with E-state index >= 15 is 0 Å². The molecule has 1 rings (SSSR count). The van der Waals surface area contributed by atoms with E-state index in [2.05, 4.69) is 11.3 Å². The number of hydrogen-bond donors (Lipinski definition) is 1. The van der Waals surface area contributed by atoms with Gasteiger partial charge in [0.2, 0.25) is 0 Å². The third-order valence-corrected chi connectivity index (χ3v) is 1.82. The largest absolute Gasteiger partial charge is 0.573 e. The number of nitrogens with two attached hydrogens (primary N) is 1. The van der Waals surface area contributed by atoms with Gasteiger partial charge in [-0.25, -0.2) is 0 Å². The Balaban J connectivity index is 2.87. The molecule has 1 aromatic rings. The summed E-state index contributed by atoms with van der Waals surface area (Å²) in [7, 11) is 0. The average Bonchev–Trinajstić information content (AvgIpc) is 2.20. The van der Waals surface area contributed by atoms with Gasteiger partial charge in [-0.05, 0) is 23.3 Å². The van der Waals surface area contributed by atoms with Crippen molar-refractivity contribution in [3.63, 3.8) is 0 Å². The van der Waals surface area contributed by atoms with Gasteiger partial charge in [-0.2, -0.15) is 0 Å². The van der Waals surface area contributed by atoms with E-state index in [1.807, 2.05) is 0 Å². The summed E-state index contributed by atoms with van der Waals surface area (Å²) < 4.78 is 39.3. The summed E-state index contributed by atoms with van der Waals surface area (Å²) in [5.74, 6) is -0.267. The fraction of sp³-hybridized carbons (Fsp3) is 0.0909. The summed E-state index contributed by atoms with van der Waals surface area (Å²) >= 11 is 0. The maximum absolute atomic E-state index is 11.9. The number of rotatable bonds is 3. The van der Waals surface area contributed by atoms with E-state index in [9.17, 15) is 13.2 Å². The third kappa shape index (κ3) is 3.34. The molecule has 2 N–H and O–H groups in total. The molecule has 0 saturated heterocycles. The smallest absolute Gasteiger partial charge is 0.406 e. The lowest BCUT2D eigenvalue weighted by Crippen LogP contribution is -2.16. The maximum Gasteiger partial charge on any atom is 0.573 e. The van der Waals surface area contributed by atoms with Crippen molar-refractivity contribution in [3.05, 3.63) is 48.7 Å². The Morgan fingerprint density at radius 2 is 1.81 bits per heavy atom. The first kappa shape index (κ1) is 12.2. The maximum atomic E-state index is 11.9. The quantitative estimate of drug-likeness (QED) is 0.808. The molecule has 16 heavy (non-hydrogen) atoms. The highest BCUT2D eigenvalue weighted by molar-refractivity contribution is 5.73. The van der Waals surface area contributed by atoms with Gasteiger partial charge < -0.3 is 10.5 Å². The number of allylic oxidation sites excluding steroid dienone is 2. The number of hydrogen-bond acceptors (Lipinski definition) is 2. The van der Waals surface area contributed by atoms with Crippen molar-refractivity contribution >= 4 is 5.57 Å². The lowest BCUT2D eigenvalue weighted by Gasteiger charge is -2.09. The zero-order chi connectivity index (χ0) is 12.2. The summed E-state index contributed by atoms with van der Waals surface area (Å²) in [4.78, 5) is 0. The molecule has 0 bridgehead atoms. The van der Waals surface area contributed by atoms with E-state index in [1.165, 1.54) is 36.5 Å². The van der Waals surface area contributed by atoms with Crippen molar-refractivity contribution in [1.82, 2.24) is 0 Å². The van der Waals surface area contributed by atoms with Crippen LogP contribution < -0.4 is 10.5 Å². The molecule has 0 radical (unpaired) electrons. The standard InChI is InChI=1S/C11H10F3NO/c1-2-8(7-15)9-3-5-10(6-4-9)16-11(12,13)14/h2-7H,1,15H2/b8-7+. The van der Waals surface area contributed by atoms with E-state index in [1.54, 1.807) is 0 Å². The Labute approximate surface area is 90.8 Å².